The molecule has 1 fully saturated rings. The van der Waals surface area contributed by atoms with Crippen LogP contribution in [0.15, 0.2) is 22.7 Å². The molecule has 82 valence electrons. The molecule has 1 saturated heterocycles. The maximum absolute atomic E-state index is 5.79. The van der Waals surface area contributed by atoms with E-state index in [0.717, 1.165) is 23.4 Å². The second-order valence-electron chi connectivity index (χ2n) is 4.04. The Morgan fingerprint density at radius 2 is 2.40 bits per heavy atom. The van der Waals surface area contributed by atoms with Gasteiger partial charge in [0.2, 0.25) is 0 Å². The first-order chi connectivity index (χ1) is 7.25. The lowest BCUT2D eigenvalue weighted by Gasteiger charge is -2.13. The third-order valence-electron chi connectivity index (χ3n) is 2.69. The standard InChI is InChI=1S/C12H16BrNO/c1-9-4-5-11(13)12(7-9)15-8-10-3-2-6-14-10/h4-5,7,10,14H,2-3,6,8H2,1H3. The van der Waals surface area contributed by atoms with Crippen LogP contribution in [-0.2, 0) is 0 Å². The topological polar surface area (TPSA) is 21.3 Å². The summed E-state index contributed by atoms with van der Waals surface area (Å²) < 4.78 is 6.83. The molecule has 1 atom stereocenters. The van der Waals surface area contributed by atoms with Crippen molar-refractivity contribution in [2.75, 3.05) is 13.2 Å². The Labute approximate surface area is 99.1 Å². The third kappa shape index (κ3) is 2.95. The number of aryl methyl sites for hydroxylation is 1. The summed E-state index contributed by atoms with van der Waals surface area (Å²) in [7, 11) is 0. The van der Waals surface area contributed by atoms with Crippen LogP contribution in [0.5, 0.6) is 5.75 Å². The lowest BCUT2D eigenvalue weighted by atomic mass is 10.2. The highest BCUT2D eigenvalue weighted by atomic mass is 79.9. The van der Waals surface area contributed by atoms with E-state index in [1.54, 1.807) is 0 Å². The summed E-state index contributed by atoms with van der Waals surface area (Å²) in [5.41, 5.74) is 1.23. The van der Waals surface area contributed by atoms with Crippen LogP contribution >= 0.6 is 15.9 Å². The summed E-state index contributed by atoms with van der Waals surface area (Å²) in [5.74, 6) is 0.948. The first-order valence-corrected chi connectivity index (χ1v) is 6.17. The molecular weight excluding hydrogens is 254 g/mol. The highest BCUT2D eigenvalue weighted by molar-refractivity contribution is 9.10. The molecule has 1 heterocycles. The molecule has 15 heavy (non-hydrogen) atoms. The van der Waals surface area contributed by atoms with Crippen molar-refractivity contribution in [1.29, 1.82) is 0 Å². The number of hydrogen-bond donors (Lipinski definition) is 1. The Hall–Kier alpha value is -0.540. The van der Waals surface area contributed by atoms with Crippen LogP contribution in [-0.4, -0.2) is 19.2 Å². The molecular formula is C12H16BrNO. The SMILES string of the molecule is Cc1ccc(Br)c(OCC2CCCN2)c1. The van der Waals surface area contributed by atoms with E-state index in [1.165, 1.54) is 18.4 Å². The van der Waals surface area contributed by atoms with Crippen LogP contribution in [0, 0.1) is 6.92 Å². The molecule has 3 heteroatoms. The number of nitrogens with one attached hydrogen (secondary N) is 1. The average molecular weight is 270 g/mol. The Morgan fingerprint density at radius 1 is 1.53 bits per heavy atom. The zero-order valence-corrected chi connectivity index (χ0v) is 10.5. The van der Waals surface area contributed by atoms with E-state index in [1.807, 2.05) is 6.07 Å². The Bertz CT molecular complexity index is 334. The second kappa shape index (κ2) is 4.99. The van der Waals surface area contributed by atoms with Crippen LogP contribution in [0.25, 0.3) is 0 Å². The minimum atomic E-state index is 0.525. The largest absolute Gasteiger partial charge is 0.491 e. The molecule has 0 amide bonds. The van der Waals surface area contributed by atoms with E-state index >= 15 is 0 Å². The lowest BCUT2D eigenvalue weighted by Crippen LogP contribution is -2.28. The van der Waals surface area contributed by atoms with E-state index in [2.05, 4.69) is 40.3 Å². The summed E-state index contributed by atoms with van der Waals surface area (Å²) in [6, 6.07) is 6.70. The van der Waals surface area contributed by atoms with Crippen molar-refractivity contribution in [2.45, 2.75) is 25.8 Å². The fourth-order valence-corrected chi connectivity index (χ4v) is 2.17. The molecule has 2 rings (SSSR count). The normalized spacial score (nSPS) is 20.5. The lowest BCUT2D eigenvalue weighted by molar-refractivity contribution is 0.275. The number of rotatable bonds is 3. The van der Waals surface area contributed by atoms with Crippen molar-refractivity contribution in [3.63, 3.8) is 0 Å². The van der Waals surface area contributed by atoms with E-state index in [0.29, 0.717) is 6.04 Å². The first kappa shape index (κ1) is 11.0. The molecule has 0 aromatic heterocycles. The van der Waals surface area contributed by atoms with Crippen molar-refractivity contribution in [3.05, 3.63) is 28.2 Å². The van der Waals surface area contributed by atoms with Gasteiger partial charge < -0.3 is 10.1 Å². The van der Waals surface area contributed by atoms with Gasteiger partial charge in [-0.2, -0.15) is 0 Å². The van der Waals surface area contributed by atoms with Gasteiger partial charge in [-0.25, -0.2) is 0 Å². The molecule has 1 aromatic rings. The van der Waals surface area contributed by atoms with Crippen molar-refractivity contribution in [3.8, 4) is 5.75 Å². The molecule has 2 nitrogen and oxygen atoms in total. The maximum atomic E-state index is 5.79. The molecule has 1 unspecified atom stereocenters. The van der Waals surface area contributed by atoms with Gasteiger partial charge in [-0.05, 0) is 59.9 Å². The number of ether oxygens (including phenoxy) is 1. The van der Waals surface area contributed by atoms with Crippen LogP contribution in [0.4, 0.5) is 0 Å². The minimum Gasteiger partial charge on any atom is -0.491 e. The molecule has 1 aromatic carbocycles. The molecule has 1 aliphatic rings. The van der Waals surface area contributed by atoms with Crippen LogP contribution in [0.3, 0.4) is 0 Å². The van der Waals surface area contributed by atoms with E-state index < -0.39 is 0 Å². The molecule has 1 aliphatic heterocycles. The molecule has 0 aliphatic carbocycles. The monoisotopic (exact) mass is 269 g/mol. The van der Waals surface area contributed by atoms with Gasteiger partial charge in [0.25, 0.3) is 0 Å². The zero-order chi connectivity index (χ0) is 10.7. The molecule has 0 spiro atoms. The number of halogens is 1. The van der Waals surface area contributed by atoms with Gasteiger partial charge in [-0.1, -0.05) is 6.07 Å². The number of benzene rings is 1. The number of hydrogen-bond acceptors (Lipinski definition) is 2. The highest BCUT2D eigenvalue weighted by Crippen LogP contribution is 2.26. The van der Waals surface area contributed by atoms with Crippen molar-refractivity contribution in [1.82, 2.24) is 5.32 Å². The summed E-state index contributed by atoms with van der Waals surface area (Å²) in [5, 5.41) is 3.42. The molecule has 0 saturated carbocycles. The smallest absolute Gasteiger partial charge is 0.133 e. The summed E-state index contributed by atoms with van der Waals surface area (Å²) in [6.45, 7) is 3.97. The van der Waals surface area contributed by atoms with Crippen LogP contribution in [0.1, 0.15) is 18.4 Å². The zero-order valence-electron chi connectivity index (χ0n) is 8.92. The predicted octanol–water partition coefficient (Wildman–Crippen LogP) is 2.89. The van der Waals surface area contributed by atoms with Gasteiger partial charge in [-0.3, -0.25) is 0 Å². The summed E-state index contributed by atoms with van der Waals surface area (Å²) in [6.07, 6.45) is 2.49. The van der Waals surface area contributed by atoms with E-state index in [4.69, 9.17) is 4.74 Å². The maximum Gasteiger partial charge on any atom is 0.133 e. The van der Waals surface area contributed by atoms with Crippen molar-refractivity contribution >= 4 is 15.9 Å². The van der Waals surface area contributed by atoms with Crippen LogP contribution < -0.4 is 10.1 Å². The molecule has 1 N–H and O–H groups in total. The van der Waals surface area contributed by atoms with Gasteiger partial charge in [0.05, 0.1) is 4.47 Å². The molecule has 0 bridgehead atoms. The first-order valence-electron chi connectivity index (χ1n) is 5.38. The van der Waals surface area contributed by atoms with Gasteiger partial charge in [0.1, 0.15) is 12.4 Å². The van der Waals surface area contributed by atoms with E-state index in [9.17, 15) is 0 Å². The fourth-order valence-electron chi connectivity index (χ4n) is 1.81. The fraction of sp³-hybridized carbons (Fsp3) is 0.500. The van der Waals surface area contributed by atoms with Crippen molar-refractivity contribution < 1.29 is 4.74 Å². The van der Waals surface area contributed by atoms with Gasteiger partial charge in [-0.15, -0.1) is 0 Å². The highest BCUT2D eigenvalue weighted by Gasteiger charge is 2.14. The predicted molar refractivity (Wildman–Crippen MR) is 65.4 cm³/mol. The average Bonchev–Trinajstić information content (AvgIpc) is 2.72. The Kier molecular flexibility index (Phi) is 3.65. The third-order valence-corrected chi connectivity index (χ3v) is 3.34. The van der Waals surface area contributed by atoms with Crippen LogP contribution in [0.2, 0.25) is 0 Å². The van der Waals surface area contributed by atoms with Gasteiger partial charge >= 0.3 is 0 Å². The Balaban J connectivity index is 1.94. The second-order valence-corrected chi connectivity index (χ2v) is 4.89. The quantitative estimate of drug-likeness (QED) is 0.911. The van der Waals surface area contributed by atoms with Gasteiger partial charge in [0, 0.05) is 6.04 Å². The molecule has 0 radical (unpaired) electrons. The summed E-state index contributed by atoms with van der Waals surface area (Å²) >= 11 is 3.49. The van der Waals surface area contributed by atoms with Gasteiger partial charge in [0.15, 0.2) is 0 Å². The summed E-state index contributed by atoms with van der Waals surface area (Å²) in [4.78, 5) is 0. The van der Waals surface area contributed by atoms with E-state index in [-0.39, 0.29) is 0 Å². The minimum absolute atomic E-state index is 0.525. The van der Waals surface area contributed by atoms with Crippen molar-refractivity contribution in [2.24, 2.45) is 0 Å². The Morgan fingerprint density at radius 3 is 3.13 bits per heavy atom.